The SMILES string of the molecule is Cc1ccc(-n2nc(-c3cccs3)c3c2N(CC(=O)NC[C@H]2CCCO2)C(=O)CS[C@H]3c2cccc(Cl)c2)cc1. The third kappa shape index (κ3) is 5.56. The van der Waals surface area contributed by atoms with Crippen molar-refractivity contribution in [3.8, 4) is 16.3 Å². The van der Waals surface area contributed by atoms with E-state index in [2.05, 4.69) is 5.32 Å². The first-order valence-corrected chi connectivity index (χ1v) is 15.6. The van der Waals surface area contributed by atoms with E-state index in [1.165, 1.54) is 11.8 Å². The molecule has 2 aliphatic rings. The standard InChI is InChI=1S/C30H29ClN4O3S2/c1-19-9-11-22(12-10-19)35-30-27(28(33-35)24-8-4-14-39-24)29(20-5-2-6-21(31)15-20)40-18-26(37)34(30)17-25(36)32-16-23-7-3-13-38-23/h2,4-6,8-12,14-15,23,29H,3,7,13,16-18H2,1H3,(H,32,36)/t23-,29+/m1/s1. The number of thiophene rings is 1. The number of hydrogen-bond acceptors (Lipinski definition) is 6. The molecule has 1 fully saturated rings. The Kier molecular flexibility index (Phi) is 7.98. The number of carbonyl (C=O) groups is 2. The lowest BCUT2D eigenvalue weighted by Crippen LogP contribution is -2.44. The van der Waals surface area contributed by atoms with Crippen molar-refractivity contribution < 1.29 is 14.3 Å². The Bertz CT molecular complexity index is 1510. The normalized spacial score (nSPS) is 18.9. The van der Waals surface area contributed by atoms with Crippen molar-refractivity contribution in [1.29, 1.82) is 0 Å². The third-order valence-electron chi connectivity index (χ3n) is 7.13. The number of rotatable bonds is 7. The van der Waals surface area contributed by atoms with Gasteiger partial charge in [-0.25, -0.2) is 4.68 Å². The van der Waals surface area contributed by atoms with Gasteiger partial charge < -0.3 is 10.1 Å². The lowest BCUT2D eigenvalue weighted by Gasteiger charge is -2.23. The second-order valence-corrected chi connectivity index (χ2v) is 12.5. The molecule has 0 aliphatic carbocycles. The maximum Gasteiger partial charge on any atom is 0.240 e. The van der Waals surface area contributed by atoms with Gasteiger partial charge in [0.25, 0.3) is 0 Å². The molecule has 40 heavy (non-hydrogen) atoms. The number of thioether (sulfide) groups is 1. The number of aryl methyl sites for hydroxylation is 1. The fourth-order valence-corrected chi connectivity index (χ4v) is 7.26. The quantitative estimate of drug-likeness (QED) is 0.284. The van der Waals surface area contributed by atoms with Gasteiger partial charge in [0.2, 0.25) is 11.8 Å². The van der Waals surface area contributed by atoms with Crippen LogP contribution in [-0.4, -0.2) is 53.1 Å². The van der Waals surface area contributed by atoms with Crippen molar-refractivity contribution in [2.45, 2.75) is 31.1 Å². The van der Waals surface area contributed by atoms with E-state index in [1.54, 1.807) is 16.2 Å². The minimum atomic E-state index is -0.227. The van der Waals surface area contributed by atoms with Gasteiger partial charge in [0, 0.05) is 23.7 Å². The summed E-state index contributed by atoms with van der Waals surface area (Å²) in [6, 6.07) is 19.8. The first-order chi connectivity index (χ1) is 19.5. The van der Waals surface area contributed by atoms with Gasteiger partial charge in [-0.2, -0.15) is 5.10 Å². The molecule has 0 radical (unpaired) electrons. The highest BCUT2D eigenvalue weighted by atomic mass is 35.5. The van der Waals surface area contributed by atoms with Gasteiger partial charge >= 0.3 is 0 Å². The van der Waals surface area contributed by atoms with E-state index in [4.69, 9.17) is 21.4 Å². The van der Waals surface area contributed by atoms with Gasteiger partial charge in [-0.05, 0) is 61.0 Å². The fourth-order valence-electron chi connectivity index (χ4n) is 5.15. The molecule has 4 heterocycles. The van der Waals surface area contributed by atoms with Gasteiger partial charge in [-0.15, -0.1) is 23.1 Å². The van der Waals surface area contributed by atoms with E-state index in [0.717, 1.165) is 52.4 Å². The summed E-state index contributed by atoms with van der Waals surface area (Å²) >= 11 is 9.56. The van der Waals surface area contributed by atoms with Crippen molar-refractivity contribution in [2.75, 3.05) is 30.3 Å². The van der Waals surface area contributed by atoms with Gasteiger partial charge in [-0.3, -0.25) is 14.5 Å². The molecule has 0 bridgehead atoms. The molecule has 0 unspecified atom stereocenters. The number of nitrogens with zero attached hydrogens (tertiary/aromatic N) is 3. The minimum Gasteiger partial charge on any atom is -0.376 e. The van der Waals surface area contributed by atoms with Crippen LogP contribution in [0.1, 0.15) is 34.8 Å². The first-order valence-electron chi connectivity index (χ1n) is 13.3. The smallest absolute Gasteiger partial charge is 0.240 e. The average Bonchev–Trinajstić information content (AvgIpc) is 3.72. The van der Waals surface area contributed by atoms with Crippen molar-refractivity contribution in [3.63, 3.8) is 0 Å². The fraction of sp³-hybridized carbons (Fsp3) is 0.300. The Labute approximate surface area is 246 Å². The van der Waals surface area contributed by atoms with Gasteiger partial charge in [0.05, 0.1) is 27.7 Å². The van der Waals surface area contributed by atoms with E-state index >= 15 is 0 Å². The van der Waals surface area contributed by atoms with E-state index in [9.17, 15) is 9.59 Å². The van der Waals surface area contributed by atoms with Crippen LogP contribution in [0.4, 0.5) is 5.82 Å². The number of halogens is 1. The molecule has 2 aliphatic heterocycles. The number of fused-ring (bicyclic) bond motifs is 1. The predicted molar refractivity (Wildman–Crippen MR) is 162 cm³/mol. The summed E-state index contributed by atoms with van der Waals surface area (Å²) in [7, 11) is 0. The number of benzene rings is 2. The number of amides is 2. The van der Waals surface area contributed by atoms with Crippen LogP contribution in [0.25, 0.3) is 16.3 Å². The number of anilines is 1. The topological polar surface area (TPSA) is 76.5 Å². The lowest BCUT2D eigenvalue weighted by atomic mass is 10.0. The highest BCUT2D eigenvalue weighted by Crippen LogP contribution is 2.49. The van der Waals surface area contributed by atoms with Crippen LogP contribution in [0.15, 0.2) is 66.0 Å². The zero-order valence-electron chi connectivity index (χ0n) is 22.0. The van der Waals surface area contributed by atoms with Crippen molar-refractivity contribution in [3.05, 3.63) is 87.8 Å². The third-order valence-corrected chi connectivity index (χ3v) is 9.49. The van der Waals surface area contributed by atoms with Crippen LogP contribution in [-0.2, 0) is 14.3 Å². The molecule has 1 N–H and O–H groups in total. The van der Waals surface area contributed by atoms with Crippen molar-refractivity contribution in [1.82, 2.24) is 15.1 Å². The molecule has 1 saturated heterocycles. The van der Waals surface area contributed by atoms with Crippen molar-refractivity contribution in [2.24, 2.45) is 0 Å². The second kappa shape index (κ2) is 11.8. The van der Waals surface area contributed by atoms with Gasteiger partial charge in [0.1, 0.15) is 18.1 Å². The molecular formula is C30H29ClN4O3S2. The lowest BCUT2D eigenvalue weighted by molar-refractivity contribution is -0.123. The Morgan fingerprint density at radius 3 is 2.75 bits per heavy atom. The number of ether oxygens (including phenoxy) is 1. The molecule has 7 nitrogen and oxygen atoms in total. The molecule has 206 valence electrons. The summed E-state index contributed by atoms with van der Waals surface area (Å²) in [6.07, 6.45) is 1.94. The van der Waals surface area contributed by atoms with E-state index in [1.807, 2.05) is 77.6 Å². The number of hydrogen-bond donors (Lipinski definition) is 1. The van der Waals surface area contributed by atoms with E-state index in [-0.39, 0.29) is 35.5 Å². The molecule has 2 amide bonds. The number of aromatic nitrogens is 2. The highest BCUT2D eigenvalue weighted by molar-refractivity contribution is 8.00. The molecule has 2 atom stereocenters. The number of carbonyl (C=O) groups excluding carboxylic acids is 2. The summed E-state index contributed by atoms with van der Waals surface area (Å²) in [5.74, 6) is 0.451. The summed E-state index contributed by atoms with van der Waals surface area (Å²) in [6.45, 7) is 3.08. The Morgan fingerprint density at radius 1 is 1.18 bits per heavy atom. The van der Waals surface area contributed by atoms with Crippen LogP contribution in [0, 0.1) is 6.92 Å². The van der Waals surface area contributed by atoms with Crippen LogP contribution < -0.4 is 10.2 Å². The average molecular weight is 593 g/mol. The summed E-state index contributed by atoms with van der Waals surface area (Å²) in [4.78, 5) is 29.6. The molecule has 0 spiro atoms. The molecule has 4 aromatic rings. The monoisotopic (exact) mass is 592 g/mol. The van der Waals surface area contributed by atoms with Crippen LogP contribution in [0.3, 0.4) is 0 Å². The van der Waals surface area contributed by atoms with Crippen LogP contribution in [0.2, 0.25) is 5.02 Å². The van der Waals surface area contributed by atoms with Crippen LogP contribution >= 0.6 is 34.7 Å². The maximum atomic E-state index is 13.8. The zero-order chi connectivity index (χ0) is 27.6. The largest absolute Gasteiger partial charge is 0.376 e. The molecule has 2 aromatic carbocycles. The van der Waals surface area contributed by atoms with Gasteiger partial charge in [-0.1, -0.05) is 47.5 Å². The molecule has 10 heteroatoms. The predicted octanol–water partition coefficient (Wildman–Crippen LogP) is 6.03. The summed E-state index contributed by atoms with van der Waals surface area (Å²) < 4.78 is 7.49. The summed E-state index contributed by atoms with van der Waals surface area (Å²) in [5, 5.41) is 10.5. The highest BCUT2D eigenvalue weighted by Gasteiger charge is 2.38. The Hall–Kier alpha value is -3.11. The maximum absolute atomic E-state index is 13.8. The minimum absolute atomic E-state index is 0.0191. The molecular weight excluding hydrogens is 564 g/mol. The second-order valence-electron chi connectivity index (χ2n) is 9.98. The molecule has 2 aromatic heterocycles. The van der Waals surface area contributed by atoms with Gasteiger partial charge in [0.15, 0.2) is 0 Å². The first kappa shape index (κ1) is 27.1. The molecule has 6 rings (SSSR count). The van der Waals surface area contributed by atoms with E-state index in [0.29, 0.717) is 17.4 Å². The van der Waals surface area contributed by atoms with E-state index < -0.39 is 0 Å². The summed E-state index contributed by atoms with van der Waals surface area (Å²) in [5.41, 5.74) is 4.61. The molecule has 0 saturated carbocycles. The van der Waals surface area contributed by atoms with Crippen molar-refractivity contribution >= 4 is 52.3 Å². The Morgan fingerprint density at radius 2 is 2.02 bits per heavy atom. The van der Waals surface area contributed by atoms with Crippen LogP contribution in [0.5, 0.6) is 0 Å². The zero-order valence-corrected chi connectivity index (χ0v) is 24.4. The number of nitrogens with one attached hydrogen (secondary N) is 1. The Balaban J connectivity index is 1.50.